The third-order valence-electron chi connectivity index (χ3n) is 4.57. The maximum atomic E-state index is 13.0. The quantitative estimate of drug-likeness (QED) is 0.440. The first-order valence-corrected chi connectivity index (χ1v) is 11.2. The van der Waals surface area contributed by atoms with Crippen molar-refractivity contribution in [1.29, 1.82) is 0 Å². The third kappa shape index (κ3) is 5.92. The second kappa shape index (κ2) is 9.61. The monoisotopic (exact) mass is 455 g/mol. The van der Waals surface area contributed by atoms with Crippen molar-refractivity contribution in [3.05, 3.63) is 84.2 Å². The van der Waals surface area contributed by atoms with E-state index in [-0.39, 0.29) is 16.6 Å². The van der Waals surface area contributed by atoms with Crippen LogP contribution >= 0.6 is 0 Å². The molecule has 0 saturated carbocycles. The lowest BCUT2D eigenvalue weighted by molar-refractivity contribution is -0.116. The first-order valence-electron chi connectivity index (χ1n) is 9.71. The summed E-state index contributed by atoms with van der Waals surface area (Å²) in [6.45, 7) is 3.13. The summed E-state index contributed by atoms with van der Waals surface area (Å²) in [5.41, 5.74) is 1.94. The fourth-order valence-electron chi connectivity index (χ4n) is 2.84. The molecule has 0 heterocycles. The molecule has 0 aliphatic heterocycles. The number of hydrogen-bond donors (Lipinski definition) is 3. The van der Waals surface area contributed by atoms with E-state index >= 15 is 0 Å². The number of anilines is 3. The summed E-state index contributed by atoms with van der Waals surface area (Å²) in [6.07, 6.45) is 0. The second-order valence-corrected chi connectivity index (χ2v) is 8.81. The smallest absolute Gasteiger partial charge is 0.261 e. The molecule has 0 aromatic heterocycles. The van der Waals surface area contributed by atoms with Crippen LogP contribution in [0.2, 0.25) is 0 Å². The summed E-state index contributed by atoms with van der Waals surface area (Å²) < 4.78 is 40.2. The number of sulfonamides is 1. The minimum atomic E-state index is -3.85. The molecular weight excluding hydrogens is 433 g/mol. The molecule has 0 fully saturated rings. The average molecular weight is 456 g/mol. The zero-order valence-electron chi connectivity index (χ0n) is 17.4. The average Bonchev–Trinajstić information content (AvgIpc) is 2.75. The van der Waals surface area contributed by atoms with Crippen LogP contribution in [-0.4, -0.2) is 26.2 Å². The summed E-state index contributed by atoms with van der Waals surface area (Å²) in [6, 6.07) is 16.9. The van der Waals surface area contributed by atoms with Crippen LogP contribution in [0.5, 0.6) is 0 Å². The Hall–Kier alpha value is -3.72. The van der Waals surface area contributed by atoms with Gasteiger partial charge in [-0.15, -0.1) is 0 Å². The second-order valence-electron chi connectivity index (χ2n) is 7.13. The third-order valence-corrected chi connectivity index (χ3v) is 5.97. The maximum absolute atomic E-state index is 13.0. The normalized spacial score (nSPS) is 12.0. The van der Waals surface area contributed by atoms with Gasteiger partial charge in [0.05, 0.1) is 4.90 Å². The van der Waals surface area contributed by atoms with Crippen LogP contribution < -0.4 is 15.4 Å². The van der Waals surface area contributed by atoms with E-state index in [0.717, 1.165) is 12.1 Å². The lowest BCUT2D eigenvalue weighted by Crippen LogP contribution is -2.31. The van der Waals surface area contributed by atoms with E-state index in [1.807, 2.05) is 0 Å². The van der Waals surface area contributed by atoms with Gasteiger partial charge in [-0.3, -0.25) is 14.3 Å². The predicted molar refractivity (Wildman–Crippen MR) is 122 cm³/mol. The molecule has 9 heteroatoms. The minimum Gasteiger partial charge on any atom is -0.374 e. The van der Waals surface area contributed by atoms with Crippen LogP contribution in [0.1, 0.15) is 24.2 Å². The predicted octanol–water partition coefficient (Wildman–Crippen LogP) is 4.27. The van der Waals surface area contributed by atoms with Crippen molar-refractivity contribution in [1.82, 2.24) is 0 Å². The number of Topliss-reactive ketones (excluding diaryl/α,β-unsaturated/α-hetero) is 1. The van der Waals surface area contributed by atoms with Gasteiger partial charge in [-0.05, 0) is 74.5 Å². The molecule has 0 aliphatic carbocycles. The standard InChI is InChI=1S/C23H22FN3O4S/c1-15(23(29)26-21-5-3-4-17(14-21)16(2)28)25-19-8-10-20(11-9-19)27-32(30,31)22-12-6-18(24)7-13-22/h3-15,25,27H,1-2H3,(H,26,29). The largest absolute Gasteiger partial charge is 0.374 e. The first kappa shape index (κ1) is 23.0. The van der Waals surface area contributed by atoms with Crippen molar-refractivity contribution in [3.63, 3.8) is 0 Å². The molecule has 3 N–H and O–H groups in total. The number of amides is 1. The summed E-state index contributed by atoms with van der Waals surface area (Å²) >= 11 is 0. The molecule has 0 spiro atoms. The first-order chi connectivity index (χ1) is 15.1. The molecular formula is C23H22FN3O4S. The Morgan fingerprint density at radius 3 is 2.12 bits per heavy atom. The van der Waals surface area contributed by atoms with Crippen LogP contribution in [0, 0.1) is 5.82 Å². The number of rotatable bonds is 8. The van der Waals surface area contributed by atoms with Crippen LogP contribution in [0.3, 0.4) is 0 Å². The van der Waals surface area contributed by atoms with Gasteiger partial charge in [0.15, 0.2) is 5.78 Å². The summed E-state index contributed by atoms with van der Waals surface area (Å²) in [5.74, 6) is -0.918. The molecule has 32 heavy (non-hydrogen) atoms. The topological polar surface area (TPSA) is 104 Å². The molecule has 1 unspecified atom stereocenters. The van der Waals surface area contributed by atoms with Crippen molar-refractivity contribution in [2.45, 2.75) is 24.8 Å². The van der Waals surface area contributed by atoms with Crippen molar-refractivity contribution < 1.29 is 22.4 Å². The summed E-state index contributed by atoms with van der Waals surface area (Å²) in [5, 5.41) is 5.78. The van der Waals surface area contributed by atoms with Crippen molar-refractivity contribution in [3.8, 4) is 0 Å². The molecule has 1 atom stereocenters. The Morgan fingerprint density at radius 2 is 1.50 bits per heavy atom. The molecule has 0 aliphatic rings. The van der Waals surface area contributed by atoms with E-state index < -0.39 is 21.9 Å². The molecule has 0 radical (unpaired) electrons. The number of nitrogens with one attached hydrogen (secondary N) is 3. The van der Waals surface area contributed by atoms with Gasteiger partial charge in [-0.1, -0.05) is 12.1 Å². The van der Waals surface area contributed by atoms with Gasteiger partial charge in [0.1, 0.15) is 11.9 Å². The van der Waals surface area contributed by atoms with Gasteiger partial charge >= 0.3 is 0 Å². The van der Waals surface area contributed by atoms with Crippen molar-refractivity contribution in [2.24, 2.45) is 0 Å². The molecule has 0 bridgehead atoms. The number of benzene rings is 3. The Bertz CT molecular complexity index is 1230. The SMILES string of the molecule is CC(=O)c1cccc(NC(=O)C(C)Nc2ccc(NS(=O)(=O)c3ccc(F)cc3)cc2)c1. The van der Waals surface area contributed by atoms with Crippen LogP contribution in [-0.2, 0) is 14.8 Å². The van der Waals surface area contributed by atoms with Crippen LogP contribution in [0.25, 0.3) is 0 Å². The highest BCUT2D eigenvalue weighted by molar-refractivity contribution is 7.92. The molecule has 7 nitrogen and oxygen atoms in total. The Labute approximate surface area is 185 Å². The fourth-order valence-corrected chi connectivity index (χ4v) is 3.90. The van der Waals surface area contributed by atoms with Gasteiger partial charge in [-0.2, -0.15) is 0 Å². The van der Waals surface area contributed by atoms with E-state index in [4.69, 9.17) is 0 Å². The molecule has 3 aromatic carbocycles. The minimum absolute atomic E-state index is 0.0553. The summed E-state index contributed by atoms with van der Waals surface area (Å²) in [4.78, 5) is 23.9. The van der Waals surface area contributed by atoms with Crippen LogP contribution in [0.15, 0.2) is 77.7 Å². The van der Waals surface area contributed by atoms with E-state index in [9.17, 15) is 22.4 Å². The number of halogens is 1. The zero-order chi connectivity index (χ0) is 23.3. The van der Waals surface area contributed by atoms with Crippen molar-refractivity contribution >= 4 is 38.8 Å². The highest BCUT2D eigenvalue weighted by Crippen LogP contribution is 2.19. The molecule has 3 rings (SSSR count). The van der Waals surface area contributed by atoms with E-state index in [0.29, 0.717) is 22.6 Å². The van der Waals surface area contributed by atoms with E-state index in [1.165, 1.54) is 19.1 Å². The highest BCUT2D eigenvalue weighted by atomic mass is 32.2. The maximum Gasteiger partial charge on any atom is 0.261 e. The fraction of sp³-hybridized carbons (Fsp3) is 0.130. The summed E-state index contributed by atoms with van der Waals surface area (Å²) in [7, 11) is -3.85. The number of ketones is 1. The van der Waals surface area contributed by atoms with Gasteiger partial charge in [0, 0.05) is 22.6 Å². The van der Waals surface area contributed by atoms with E-state index in [1.54, 1.807) is 55.5 Å². The molecule has 3 aromatic rings. The van der Waals surface area contributed by atoms with Crippen molar-refractivity contribution in [2.75, 3.05) is 15.4 Å². The van der Waals surface area contributed by atoms with Crippen LogP contribution in [0.4, 0.5) is 21.5 Å². The Morgan fingerprint density at radius 1 is 0.875 bits per heavy atom. The van der Waals surface area contributed by atoms with Gasteiger partial charge < -0.3 is 10.6 Å². The lowest BCUT2D eigenvalue weighted by atomic mass is 10.1. The van der Waals surface area contributed by atoms with Gasteiger partial charge in [0.2, 0.25) is 5.91 Å². The number of hydrogen-bond acceptors (Lipinski definition) is 5. The van der Waals surface area contributed by atoms with Gasteiger partial charge in [0.25, 0.3) is 10.0 Å². The highest BCUT2D eigenvalue weighted by Gasteiger charge is 2.16. The lowest BCUT2D eigenvalue weighted by Gasteiger charge is -2.16. The number of carbonyl (C=O) groups is 2. The number of carbonyl (C=O) groups excluding carboxylic acids is 2. The molecule has 166 valence electrons. The molecule has 0 saturated heterocycles. The Kier molecular flexibility index (Phi) is 6.89. The zero-order valence-corrected chi connectivity index (χ0v) is 18.2. The van der Waals surface area contributed by atoms with Gasteiger partial charge in [-0.25, -0.2) is 12.8 Å². The molecule has 1 amide bonds. The van der Waals surface area contributed by atoms with E-state index in [2.05, 4.69) is 15.4 Å². The Balaban J connectivity index is 1.61.